The molecule has 0 saturated heterocycles. The zero-order valence-corrected chi connectivity index (χ0v) is 20.6. The van der Waals surface area contributed by atoms with Gasteiger partial charge in [-0.15, -0.1) is 0 Å². The minimum Gasteiger partial charge on any atom is -0.455 e. The van der Waals surface area contributed by atoms with Gasteiger partial charge in [0.1, 0.15) is 18.2 Å². The first kappa shape index (κ1) is 24.5. The summed E-state index contributed by atoms with van der Waals surface area (Å²) in [6, 6.07) is 10.1. The van der Waals surface area contributed by atoms with Crippen LogP contribution in [0.1, 0.15) is 44.9 Å². The standard InChI is InChI=1S/C25H27ClFN5O3/c1-14(21(35-22(33)25(2,3)4)15-8-9-17(26)18(27)12-15)30-23-31-19-7-5-6-16(20(19)32-23)13-29-24-28-10-11-34-24/h5-12,14,21H,13H2,1-4H3,(H,28,29)(H2,30,31,32). The number of halogens is 2. The van der Waals surface area contributed by atoms with Crippen LogP contribution in [0.3, 0.4) is 0 Å². The summed E-state index contributed by atoms with van der Waals surface area (Å²) in [4.78, 5) is 24.7. The van der Waals surface area contributed by atoms with Gasteiger partial charge in [0, 0.05) is 6.54 Å². The van der Waals surface area contributed by atoms with E-state index in [1.54, 1.807) is 33.0 Å². The monoisotopic (exact) mass is 499 g/mol. The van der Waals surface area contributed by atoms with Gasteiger partial charge in [-0.3, -0.25) is 4.79 Å². The van der Waals surface area contributed by atoms with E-state index in [-0.39, 0.29) is 5.02 Å². The maximum absolute atomic E-state index is 14.2. The topological polar surface area (TPSA) is 105 Å². The summed E-state index contributed by atoms with van der Waals surface area (Å²) < 4.78 is 25.3. The predicted octanol–water partition coefficient (Wildman–Crippen LogP) is 6.09. The van der Waals surface area contributed by atoms with Crippen molar-refractivity contribution in [2.24, 2.45) is 5.41 Å². The Morgan fingerprint density at radius 3 is 2.77 bits per heavy atom. The van der Waals surface area contributed by atoms with Gasteiger partial charge in [0.2, 0.25) is 5.95 Å². The number of aromatic nitrogens is 3. The molecule has 2 unspecified atom stereocenters. The second-order valence-electron chi connectivity index (χ2n) is 9.27. The maximum Gasteiger partial charge on any atom is 0.311 e. The number of ether oxygens (including phenoxy) is 1. The van der Waals surface area contributed by atoms with Crippen LogP contribution in [0.2, 0.25) is 5.02 Å². The molecule has 35 heavy (non-hydrogen) atoms. The van der Waals surface area contributed by atoms with Gasteiger partial charge in [-0.1, -0.05) is 29.8 Å². The minimum absolute atomic E-state index is 0.00145. The summed E-state index contributed by atoms with van der Waals surface area (Å²) in [6.45, 7) is 7.60. The first-order valence-electron chi connectivity index (χ1n) is 11.2. The van der Waals surface area contributed by atoms with Crippen molar-refractivity contribution in [1.82, 2.24) is 15.0 Å². The number of oxazole rings is 1. The van der Waals surface area contributed by atoms with Crippen LogP contribution in [0, 0.1) is 11.2 Å². The highest BCUT2D eigenvalue weighted by molar-refractivity contribution is 6.30. The lowest BCUT2D eigenvalue weighted by Crippen LogP contribution is -2.33. The van der Waals surface area contributed by atoms with Crippen molar-refractivity contribution in [2.45, 2.75) is 46.4 Å². The lowest BCUT2D eigenvalue weighted by molar-refractivity contribution is -0.159. The Morgan fingerprint density at radius 1 is 1.29 bits per heavy atom. The van der Waals surface area contributed by atoms with Crippen molar-refractivity contribution in [3.05, 3.63) is 70.8 Å². The largest absolute Gasteiger partial charge is 0.455 e. The van der Waals surface area contributed by atoms with Crippen molar-refractivity contribution in [3.8, 4) is 0 Å². The summed E-state index contributed by atoms with van der Waals surface area (Å²) in [6.07, 6.45) is 2.28. The summed E-state index contributed by atoms with van der Waals surface area (Å²) >= 11 is 5.86. The Labute approximate surface area is 207 Å². The van der Waals surface area contributed by atoms with Crippen LogP contribution in [0.25, 0.3) is 11.0 Å². The molecule has 0 saturated carbocycles. The summed E-state index contributed by atoms with van der Waals surface area (Å²) in [5.41, 5.74) is 2.28. The van der Waals surface area contributed by atoms with E-state index < -0.39 is 29.3 Å². The highest BCUT2D eigenvalue weighted by Gasteiger charge is 2.31. The lowest BCUT2D eigenvalue weighted by atomic mass is 9.96. The molecular weight excluding hydrogens is 473 g/mol. The number of para-hydroxylation sites is 1. The van der Waals surface area contributed by atoms with Crippen LogP contribution >= 0.6 is 11.6 Å². The number of imidazole rings is 1. The summed E-state index contributed by atoms with van der Waals surface area (Å²) in [5, 5.41) is 6.38. The molecule has 0 fully saturated rings. The van der Waals surface area contributed by atoms with E-state index in [1.807, 2.05) is 25.1 Å². The molecule has 0 amide bonds. The number of nitrogens with zero attached hydrogens (tertiary/aromatic N) is 2. The van der Waals surface area contributed by atoms with Gasteiger partial charge in [-0.05, 0) is 57.0 Å². The molecule has 2 aromatic carbocycles. The van der Waals surface area contributed by atoms with Crippen LogP contribution in [0.5, 0.6) is 0 Å². The molecule has 10 heteroatoms. The molecule has 8 nitrogen and oxygen atoms in total. The molecule has 4 aromatic rings. The average molecular weight is 500 g/mol. The first-order valence-corrected chi connectivity index (χ1v) is 11.5. The molecule has 0 aliphatic heterocycles. The number of aromatic amines is 1. The van der Waals surface area contributed by atoms with Crippen LogP contribution in [-0.4, -0.2) is 27.0 Å². The fourth-order valence-corrected chi connectivity index (χ4v) is 3.63. The van der Waals surface area contributed by atoms with Gasteiger partial charge in [-0.25, -0.2) is 14.4 Å². The van der Waals surface area contributed by atoms with E-state index in [4.69, 9.17) is 25.7 Å². The van der Waals surface area contributed by atoms with Gasteiger partial charge >= 0.3 is 5.97 Å². The Bertz CT molecular complexity index is 1320. The van der Waals surface area contributed by atoms with E-state index in [2.05, 4.69) is 20.6 Å². The highest BCUT2D eigenvalue weighted by atomic mass is 35.5. The number of H-pyrrole nitrogens is 1. The van der Waals surface area contributed by atoms with Crippen LogP contribution in [-0.2, 0) is 16.1 Å². The molecule has 2 atom stereocenters. The number of nitrogens with one attached hydrogen (secondary N) is 3. The number of rotatable bonds is 8. The number of fused-ring (bicyclic) bond motifs is 1. The fraction of sp³-hybridized carbons (Fsp3) is 0.320. The zero-order valence-electron chi connectivity index (χ0n) is 19.9. The van der Waals surface area contributed by atoms with Crippen LogP contribution < -0.4 is 10.6 Å². The zero-order chi connectivity index (χ0) is 25.2. The Morgan fingerprint density at radius 2 is 2.09 bits per heavy atom. The third-order valence-corrected chi connectivity index (χ3v) is 5.70. The van der Waals surface area contributed by atoms with Crippen molar-refractivity contribution in [1.29, 1.82) is 0 Å². The number of carbonyl (C=O) groups is 1. The van der Waals surface area contributed by atoms with Crippen LogP contribution in [0.4, 0.5) is 16.4 Å². The smallest absolute Gasteiger partial charge is 0.311 e. The predicted molar refractivity (Wildman–Crippen MR) is 133 cm³/mol. The van der Waals surface area contributed by atoms with Gasteiger partial charge in [0.05, 0.1) is 33.7 Å². The van der Waals surface area contributed by atoms with Crippen LogP contribution in [0.15, 0.2) is 53.3 Å². The Balaban J connectivity index is 1.58. The van der Waals surface area contributed by atoms with Crippen molar-refractivity contribution in [2.75, 3.05) is 10.6 Å². The summed E-state index contributed by atoms with van der Waals surface area (Å²) in [7, 11) is 0. The Hall–Kier alpha value is -3.59. The molecule has 0 spiro atoms. The molecule has 0 aliphatic carbocycles. The van der Waals surface area contributed by atoms with Gasteiger partial charge in [0.15, 0.2) is 0 Å². The van der Waals surface area contributed by atoms with E-state index >= 15 is 0 Å². The van der Waals surface area contributed by atoms with E-state index in [0.29, 0.717) is 24.1 Å². The van der Waals surface area contributed by atoms with Crippen molar-refractivity contribution >= 4 is 40.6 Å². The second-order valence-corrected chi connectivity index (χ2v) is 9.68. The van der Waals surface area contributed by atoms with E-state index in [1.165, 1.54) is 18.4 Å². The van der Waals surface area contributed by atoms with Gasteiger partial charge < -0.3 is 24.8 Å². The van der Waals surface area contributed by atoms with Crippen molar-refractivity contribution in [3.63, 3.8) is 0 Å². The normalized spacial score (nSPS) is 13.4. The number of carbonyl (C=O) groups excluding carboxylic acids is 1. The molecule has 4 rings (SSSR count). The quantitative estimate of drug-likeness (QED) is 0.252. The van der Waals surface area contributed by atoms with Gasteiger partial charge in [0.25, 0.3) is 6.01 Å². The SMILES string of the molecule is CC(Nc1nc2c(CNc3ncco3)cccc2[nH]1)C(OC(=O)C(C)(C)C)c1ccc(Cl)c(F)c1. The number of benzene rings is 2. The second kappa shape index (κ2) is 9.95. The Kier molecular flexibility index (Phi) is 6.98. The fourth-order valence-electron chi connectivity index (χ4n) is 3.52. The van der Waals surface area contributed by atoms with E-state index in [0.717, 1.165) is 16.6 Å². The number of anilines is 2. The average Bonchev–Trinajstić information content (AvgIpc) is 3.46. The molecular formula is C25H27ClFN5O3. The molecule has 0 aliphatic rings. The minimum atomic E-state index is -0.784. The highest BCUT2D eigenvalue weighted by Crippen LogP contribution is 2.30. The number of hydrogen-bond acceptors (Lipinski definition) is 7. The molecule has 2 heterocycles. The van der Waals surface area contributed by atoms with E-state index in [9.17, 15) is 9.18 Å². The van der Waals surface area contributed by atoms with Gasteiger partial charge in [-0.2, -0.15) is 0 Å². The van der Waals surface area contributed by atoms with Crippen molar-refractivity contribution < 1.29 is 18.3 Å². The number of esters is 1. The molecule has 2 aromatic heterocycles. The number of hydrogen-bond donors (Lipinski definition) is 3. The molecule has 3 N–H and O–H groups in total. The third kappa shape index (κ3) is 5.74. The molecule has 0 radical (unpaired) electrons. The maximum atomic E-state index is 14.2. The molecule has 184 valence electrons. The summed E-state index contributed by atoms with van der Waals surface area (Å²) in [5.74, 6) is -0.501. The molecule has 0 bridgehead atoms. The third-order valence-electron chi connectivity index (χ3n) is 5.40. The lowest BCUT2D eigenvalue weighted by Gasteiger charge is -2.28. The first-order chi connectivity index (χ1) is 16.6.